The fourth-order valence-corrected chi connectivity index (χ4v) is 2.39. The molecule has 2 rings (SSSR count). The van der Waals surface area contributed by atoms with Crippen molar-refractivity contribution in [3.05, 3.63) is 35.4 Å². The molecule has 0 bridgehead atoms. The Labute approximate surface area is 111 Å². The maximum atomic E-state index is 5.63. The standard InChI is InChI=1S/C13H15N3OS/c1-8-4-5-10(6-9(8)2)18-12-7-11(17-3)15-13(14)16-12/h4-7H,1-3H3,(H2,14,15,16). The van der Waals surface area contributed by atoms with E-state index in [2.05, 4.69) is 42.0 Å². The molecule has 0 aliphatic carbocycles. The average Bonchev–Trinajstić information content (AvgIpc) is 2.33. The van der Waals surface area contributed by atoms with E-state index >= 15 is 0 Å². The predicted molar refractivity (Wildman–Crippen MR) is 73.0 cm³/mol. The van der Waals surface area contributed by atoms with E-state index in [4.69, 9.17) is 10.5 Å². The summed E-state index contributed by atoms with van der Waals surface area (Å²) in [6.45, 7) is 4.18. The molecule has 2 aromatic rings. The monoisotopic (exact) mass is 261 g/mol. The van der Waals surface area contributed by atoms with Crippen LogP contribution >= 0.6 is 11.8 Å². The Morgan fingerprint density at radius 2 is 1.89 bits per heavy atom. The zero-order valence-electron chi connectivity index (χ0n) is 10.6. The van der Waals surface area contributed by atoms with Crippen molar-refractivity contribution in [1.29, 1.82) is 0 Å². The van der Waals surface area contributed by atoms with Crippen LogP contribution in [0.4, 0.5) is 5.95 Å². The van der Waals surface area contributed by atoms with Crippen LogP contribution in [0.5, 0.6) is 5.88 Å². The summed E-state index contributed by atoms with van der Waals surface area (Å²) in [5.41, 5.74) is 8.16. The van der Waals surface area contributed by atoms with Crippen molar-refractivity contribution in [1.82, 2.24) is 9.97 Å². The van der Waals surface area contributed by atoms with Crippen LogP contribution in [0.1, 0.15) is 11.1 Å². The third-order valence-electron chi connectivity index (χ3n) is 2.61. The molecule has 1 aromatic carbocycles. The van der Waals surface area contributed by atoms with Gasteiger partial charge in [0.1, 0.15) is 5.03 Å². The average molecular weight is 261 g/mol. The van der Waals surface area contributed by atoms with Crippen molar-refractivity contribution in [3.8, 4) is 5.88 Å². The molecular formula is C13H15N3OS. The van der Waals surface area contributed by atoms with Crippen LogP contribution in [0.25, 0.3) is 0 Å². The molecule has 0 spiro atoms. The van der Waals surface area contributed by atoms with Crippen LogP contribution in [0.15, 0.2) is 34.2 Å². The third kappa shape index (κ3) is 2.92. The molecule has 2 N–H and O–H groups in total. The summed E-state index contributed by atoms with van der Waals surface area (Å²) in [5, 5.41) is 0.780. The molecule has 0 aliphatic heterocycles. The Kier molecular flexibility index (Phi) is 3.72. The maximum absolute atomic E-state index is 5.63. The topological polar surface area (TPSA) is 61.0 Å². The quantitative estimate of drug-likeness (QED) is 0.861. The minimum atomic E-state index is 0.223. The van der Waals surface area contributed by atoms with Crippen LogP contribution in [-0.2, 0) is 0 Å². The molecule has 0 saturated carbocycles. The zero-order chi connectivity index (χ0) is 13.1. The largest absolute Gasteiger partial charge is 0.481 e. The fraction of sp³-hybridized carbons (Fsp3) is 0.231. The van der Waals surface area contributed by atoms with Gasteiger partial charge in [-0.05, 0) is 37.1 Å². The van der Waals surface area contributed by atoms with Crippen molar-refractivity contribution in [3.63, 3.8) is 0 Å². The molecular weight excluding hydrogens is 246 g/mol. The van der Waals surface area contributed by atoms with Crippen molar-refractivity contribution in [2.24, 2.45) is 0 Å². The van der Waals surface area contributed by atoms with Gasteiger partial charge in [0.05, 0.1) is 7.11 Å². The molecule has 5 heteroatoms. The highest BCUT2D eigenvalue weighted by atomic mass is 32.2. The van der Waals surface area contributed by atoms with E-state index in [0.717, 1.165) is 9.92 Å². The van der Waals surface area contributed by atoms with E-state index in [1.807, 2.05) is 0 Å². The van der Waals surface area contributed by atoms with Crippen LogP contribution < -0.4 is 10.5 Å². The number of nitrogens with two attached hydrogens (primary N) is 1. The van der Waals surface area contributed by atoms with Crippen LogP contribution in [0, 0.1) is 13.8 Å². The van der Waals surface area contributed by atoms with E-state index in [1.165, 1.54) is 11.1 Å². The molecule has 4 nitrogen and oxygen atoms in total. The lowest BCUT2D eigenvalue weighted by atomic mass is 10.1. The highest BCUT2D eigenvalue weighted by molar-refractivity contribution is 7.99. The summed E-state index contributed by atoms with van der Waals surface area (Å²) < 4.78 is 5.07. The molecule has 1 aromatic heterocycles. The van der Waals surface area contributed by atoms with Gasteiger partial charge in [-0.1, -0.05) is 17.8 Å². The summed E-state index contributed by atoms with van der Waals surface area (Å²) in [7, 11) is 1.56. The lowest BCUT2D eigenvalue weighted by molar-refractivity contribution is 0.396. The van der Waals surface area contributed by atoms with Crippen molar-refractivity contribution < 1.29 is 4.74 Å². The van der Waals surface area contributed by atoms with E-state index in [0.29, 0.717) is 5.88 Å². The first-order valence-corrected chi connectivity index (χ1v) is 6.34. The summed E-state index contributed by atoms with van der Waals surface area (Å²) in [4.78, 5) is 9.26. The lowest BCUT2D eigenvalue weighted by Gasteiger charge is -2.06. The number of aromatic nitrogens is 2. The minimum Gasteiger partial charge on any atom is -0.481 e. The number of aryl methyl sites for hydroxylation is 2. The first kappa shape index (κ1) is 12.7. The molecule has 0 amide bonds. The Morgan fingerprint density at radius 3 is 2.56 bits per heavy atom. The second-order valence-electron chi connectivity index (χ2n) is 3.95. The number of anilines is 1. The number of nitrogen functional groups attached to an aromatic ring is 1. The Bertz CT molecular complexity index is 572. The molecule has 0 fully saturated rings. The number of hydrogen-bond acceptors (Lipinski definition) is 5. The number of nitrogens with zero attached hydrogens (tertiary/aromatic N) is 2. The second-order valence-corrected chi connectivity index (χ2v) is 5.05. The van der Waals surface area contributed by atoms with E-state index < -0.39 is 0 Å². The van der Waals surface area contributed by atoms with Crippen LogP contribution in [-0.4, -0.2) is 17.1 Å². The third-order valence-corrected chi connectivity index (χ3v) is 3.51. The Balaban J connectivity index is 2.27. The number of rotatable bonds is 3. The van der Waals surface area contributed by atoms with Gasteiger partial charge >= 0.3 is 0 Å². The normalized spacial score (nSPS) is 10.4. The van der Waals surface area contributed by atoms with Crippen LogP contribution in [0.2, 0.25) is 0 Å². The molecule has 18 heavy (non-hydrogen) atoms. The summed E-state index contributed by atoms with van der Waals surface area (Å²) >= 11 is 1.54. The minimum absolute atomic E-state index is 0.223. The molecule has 0 saturated heterocycles. The maximum Gasteiger partial charge on any atom is 0.224 e. The molecule has 94 valence electrons. The fourth-order valence-electron chi connectivity index (χ4n) is 1.48. The van der Waals surface area contributed by atoms with Gasteiger partial charge in [-0.2, -0.15) is 4.98 Å². The first-order chi connectivity index (χ1) is 8.58. The second kappa shape index (κ2) is 5.27. The molecule has 0 atom stereocenters. The molecule has 0 aliphatic rings. The van der Waals surface area contributed by atoms with E-state index in [1.54, 1.807) is 24.9 Å². The van der Waals surface area contributed by atoms with Gasteiger partial charge in [0.15, 0.2) is 0 Å². The predicted octanol–water partition coefficient (Wildman–Crippen LogP) is 2.84. The van der Waals surface area contributed by atoms with Crippen molar-refractivity contribution in [2.45, 2.75) is 23.8 Å². The van der Waals surface area contributed by atoms with E-state index in [9.17, 15) is 0 Å². The molecule has 1 heterocycles. The Morgan fingerprint density at radius 1 is 1.11 bits per heavy atom. The summed E-state index contributed by atoms with van der Waals surface area (Å²) in [6.07, 6.45) is 0. The first-order valence-electron chi connectivity index (χ1n) is 5.52. The number of benzene rings is 1. The summed E-state index contributed by atoms with van der Waals surface area (Å²) in [6, 6.07) is 8.07. The Hall–Kier alpha value is -1.75. The van der Waals surface area contributed by atoms with Crippen molar-refractivity contribution in [2.75, 3.05) is 12.8 Å². The lowest BCUT2D eigenvalue weighted by Crippen LogP contribution is -1.98. The van der Waals surface area contributed by atoms with Gasteiger partial charge in [-0.15, -0.1) is 0 Å². The smallest absolute Gasteiger partial charge is 0.224 e. The summed E-state index contributed by atoms with van der Waals surface area (Å²) in [5.74, 6) is 0.703. The highest BCUT2D eigenvalue weighted by Crippen LogP contribution is 2.29. The SMILES string of the molecule is COc1cc(Sc2ccc(C)c(C)c2)nc(N)n1. The van der Waals surface area contributed by atoms with E-state index in [-0.39, 0.29) is 5.95 Å². The molecule has 0 unspecified atom stereocenters. The number of ether oxygens (including phenoxy) is 1. The number of methoxy groups -OCH3 is 1. The molecule has 0 radical (unpaired) electrons. The van der Waals surface area contributed by atoms with Gasteiger partial charge in [-0.3, -0.25) is 0 Å². The van der Waals surface area contributed by atoms with Gasteiger partial charge in [0.2, 0.25) is 11.8 Å². The van der Waals surface area contributed by atoms with Crippen LogP contribution in [0.3, 0.4) is 0 Å². The van der Waals surface area contributed by atoms with Gasteiger partial charge < -0.3 is 10.5 Å². The van der Waals surface area contributed by atoms with Gasteiger partial charge in [-0.25, -0.2) is 4.98 Å². The van der Waals surface area contributed by atoms with Gasteiger partial charge in [0.25, 0.3) is 0 Å². The van der Waals surface area contributed by atoms with Crippen molar-refractivity contribution >= 4 is 17.7 Å². The highest BCUT2D eigenvalue weighted by Gasteiger charge is 2.05. The number of hydrogen-bond donors (Lipinski definition) is 1. The zero-order valence-corrected chi connectivity index (χ0v) is 11.4. The van der Waals surface area contributed by atoms with Gasteiger partial charge in [0, 0.05) is 11.0 Å².